The Hall–Kier alpha value is -2.14. The van der Waals surface area contributed by atoms with E-state index in [1.54, 1.807) is 17.1 Å². The quantitative estimate of drug-likeness (QED) is 0.844. The van der Waals surface area contributed by atoms with E-state index in [9.17, 15) is 9.90 Å². The average Bonchev–Trinajstić information content (AvgIpc) is 3.16. The third-order valence-corrected chi connectivity index (χ3v) is 4.00. The summed E-state index contributed by atoms with van der Waals surface area (Å²) in [6.45, 7) is 1.32. The highest BCUT2D eigenvalue weighted by Crippen LogP contribution is 2.44. The number of carbonyl (C=O) groups is 1. The van der Waals surface area contributed by atoms with Gasteiger partial charge < -0.3 is 10.4 Å². The third-order valence-electron chi connectivity index (χ3n) is 4.00. The van der Waals surface area contributed by atoms with Crippen LogP contribution >= 0.6 is 0 Å². The Morgan fingerprint density at radius 2 is 2.10 bits per heavy atom. The molecule has 0 atom stereocenters. The minimum Gasteiger partial charge on any atom is -0.396 e. The zero-order chi connectivity index (χ0) is 14.7. The number of rotatable bonds is 6. The maximum Gasteiger partial charge on any atom is 0.254 e. The zero-order valence-electron chi connectivity index (χ0n) is 11.8. The highest BCUT2D eigenvalue weighted by Gasteiger charge is 2.42. The SMILES string of the molecule is O=C(NCC1(CO)CC1)c1cnn(Cc2ccccc2)c1. The van der Waals surface area contributed by atoms with Crippen molar-refractivity contribution in [1.29, 1.82) is 0 Å². The van der Waals surface area contributed by atoms with Crippen molar-refractivity contribution < 1.29 is 9.90 Å². The van der Waals surface area contributed by atoms with Gasteiger partial charge in [-0.25, -0.2) is 0 Å². The number of amides is 1. The van der Waals surface area contributed by atoms with Crippen molar-refractivity contribution in [2.45, 2.75) is 19.4 Å². The van der Waals surface area contributed by atoms with Crippen molar-refractivity contribution in [2.75, 3.05) is 13.2 Å². The predicted octanol–water partition coefficient (Wildman–Crippen LogP) is 1.43. The molecule has 0 radical (unpaired) electrons. The number of aliphatic hydroxyl groups excluding tert-OH is 1. The largest absolute Gasteiger partial charge is 0.396 e. The van der Waals surface area contributed by atoms with Crippen LogP contribution in [-0.2, 0) is 6.54 Å². The van der Waals surface area contributed by atoms with Crippen LogP contribution in [0, 0.1) is 5.41 Å². The molecule has 1 saturated carbocycles. The number of aromatic nitrogens is 2. The Kier molecular flexibility index (Phi) is 3.75. The lowest BCUT2D eigenvalue weighted by Crippen LogP contribution is -2.31. The molecule has 1 heterocycles. The summed E-state index contributed by atoms with van der Waals surface area (Å²) < 4.78 is 1.75. The Labute approximate surface area is 123 Å². The Bertz CT molecular complexity index is 617. The molecule has 0 saturated heterocycles. The number of nitrogens with one attached hydrogen (secondary N) is 1. The maximum atomic E-state index is 12.1. The van der Waals surface area contributed by atoms with E-state index in [1.165, 1.54) is 0 Å². The van der Waals surface area contributed by atoms with Gasteiger partial charge in [0.15, 0.2) is 0 Å². The molecule has 1 aliphatic rings. The van der Waals surface area contributed by atoms with Crippen molar-refractivity contribution in [3.63, 3.8) is 0 Å². The highest BCUT2D eigenvalue weighted by molar-refractivity contribution is 5.93. The molecule has 1 fully saturated rings. The summed E-state index contributed by atoms with van der Waals surface area (Å²) in [5.41, 5.74) is 1.62. The average molecular weight is 285 g/mol. The first-order valence-electron chi connectivity index (χ1n) is 7.16. The summed E-state index contributed by atoms with van der Waals surface area (Å²) in [6.07, 6.45) is 5.30. The normalized spacial score (nSPS) is 15.7. The van der Waals surface area contributed by atoms with Crippen LogP contribution in [0.3, 0.4) is 0 Å². The maximum absolute atomic E-state index is 12.1. The van der Waals surface area contributed by atoms with Gasteiger partial charge in [0.05, 0.1) is 24.9 Å². The van der Waals surface area contributed by atoms with Crippen LogP contribution in [0.1, 0.15) is 28.8 Å². The smallest absolute Gasteiger partial charge is 0.254 e. The number of carbonyl (C=O) groups excluding carboxylic acids is 1. The van der Waals surface area contributed by atoms with Crippen molar-refractivity contribution in [1.82, 2.24) is 15.1 Å². The molecule has 2 aromatic rings. The molecule has 2 N–H and O–H groups in total. The molecule has 21 heavy (non-hydrogen) atoms. The first kappa shape index (κ1) is 13.8. The van der Waals surface area contributed by atoms with Crippen LogP contribution < -0.4 is 5.32 Å². The third kappa shape index (κ3) is 3.31. The lowest BCUT2D eigenvalue weighted by molar-refractivity contribution is 0.0935. The number of aliphatic hydroxyl groups is 1. The van der Waals surface area contributed by atoms with E-state index in [-0.39, 0.29) is 17.9 Å². The van der Waals surface area contributed by atoms with Crippen molar-refractivity contribution >= 4 is 5.91 Å². The van der Waals surface area contributed by atoms with E-state index in [1.807, 2.05) is 30.3 Å². The molecule has 110 valence electrons. The van der Waals surface area contributed by atoms with Gasteiger partial charge in [-0.3, -0.25) is 9.48 Å². The van der Waals surface area contributed by atoms with Crippen LogP contribution in [0.2, 0.25) is 0 Å². The van der Waals surface area contributed by atoms with Crippen LogP contribution in [0.25, 0.3) is 0 Å². The predicted molar refractivity (Wildman–Crippen MR) is 78.9 cm³/mol. The molecule has 5 nitrogen and oxygen atoms in total. The van der Waals surface area contributed by atoms with Crippen molar-refractivity contribution in [3.8, 4) is 0 Å². The van der Waals surface area contributed by atoms with E-state index in [0.717, 1.165) is 18.4 Å². The van der Waals surface area contributed by atoms with Crippen LogP contribution in [0.5, 0.6) is 0 Å². The Balaban J connectivity index is 1.58. The van der Waals surface area contributed by atoms with Gasteiger partial charge in [-0.2, -0.15) is 5.10 Å². The van der Waals surface area contributed by atoms with Crippen molar-refractivity contribution in [2.24, 2.45) is 5.41 Å². The fourth-order valence-corrected chi connectivity index (χ4v) is 2.28. The zero-order valence-corrected chi connectivity index (χ0v) is 11.8. The van der Waals surface area contributed by atoms with Crippen LogP contribution in [0.15, 0.2) is 42.7 Å². The van der Waals surface area contributed by atoms with Crippen molar-refractivity contribution in [3.05, 3.63) is 53.9 Å². The fourth-order valence-electron chi connectivity index (χ4n) is 2.28. The van der Waals surface area contributed by atoms with E-state index < -0.39 is 0 Å². The minimum atomic E-state index is -0.131. The van der Waals surface area contributed by atoms with E-state index >= 15 is 0 Å². The molecule has 0 spiro atoms. The molecule has 0 unspecified atom stereocenters. The van der Waals surface area contributed by atoms with Crippen LogP contribution in [0.4, 0.5) is 0 Å². The van der Waals surface area contributed by atoms with E-state index in [4.69, 9.17) is 0 Å². The van der Waals surface area contributed by atoms with Crippen LogP contribution in [-0.4, -0.2) is 33.9 Å². The lowest BCUT2D eigenvalue weighted by Gasteiger charge is -2.11. The Morgan fingerprint density at radius 1 is 1.33 bits per heavy atom. The summed E-state index contributed by atoms with van der Waals surface area (Å²) in [5.74, 6) is -0.131. The highest BCUT2D eigenvalue weighted by atomic mass is 16.3. The monoisotopic (exact) mass is 285 g/mol. The second kappa shape index (κ2) is 5.69. The number of nitrogens with zero attached hydrogens (tertiary/aromatic N) is 2. The van der Waals surface area contributed by atoms with Gasteiger partial charge in [0.1, 0.15) is 0 Å². The standard InChI is InChI=1S/C16H19N3O2/c20-12-16(6-7-16)11-17-15(21)14-8-18-19(10-14)9-13-4-2-1-3-5-13/h1-5,8,10,20H,6-7,9,11-12H2,(H,17,21). The molecular weight excluding hydrogens is 266 g/mol. The molecule has 1 aliphatic carbocycles. The first-order valence-corrected chi connectivity index (χ1v) is 7.16. The second-order valence-corrected chi connectivity index (χ2v) is 5.75. The topological polar surface area (TPSA) is 67.2 Å². The van der Waals surface area contributed by atoms with Gasteiger partial charge in [-0.05, 0) is 18.4 Å². The van der Waals surface area contributed by atoms with Gasteiger partial charge in [0.2, 0.25) is 0 Å². The number of hydrogen-bond donors (Lipinski definition) is 2. The summed E-state index contributed by atoms with van der Waals surface area (Å²) in [6, 6.07) is 9.99. The van der Waals surface area contributed by atoms with E-state index in [2.05, 4.69) is 10.4 Å². The first-order chi connectivity index (χ1) is 10.2. The molecule has 5 heteroatoms. The van der Waals surface area contributed by atoms with Gasteiger partial charge in [0.25, 0.3) is 5.91 Å². The summed E-state index contributed by atoms with van der Waals surface area (Å²) in [4.78, 5) is 12.1. The second-order valence-electron chi connectivity index (χ2n) is 5.75. The van der Waals surface area contributed by atoms with Gasteiger partial charge >= 0.3 is 0 Å². The molecule has 0 aliphatic heterocycles. The number of hydrogen-bond acceptors (Lipinski definition) is 3. The summed E-state index contributed by atoms with van der Waals surface area (Å²) >= 11 is 0. The lowest BCUT2D eigenvalue weighted by atomic mass is 10.1. The minimum absolute atomic E-state index is 0.0737. The molecule has 1 aromatic carbocycles. The summed E-state index contributed by atoms with van der Waals surface area (Å²) in [5, 5.41) is 16.3. The molecule has 3 rings (SSSR count). The number of benzene rings is 1. The molecule has 1 aromatic heterocycles. The van der Waals surface area contributed by atoms with E-state index in [0.29, 0.717) is 18.7 Å². The van der Waals surface area contributed by atoms with Gasteiger partial charge in [0, 0.05) is 18.2 Å². The Morgan fingerprint density at radius 3 is 2.76 bits per heavy atom. The fraction of sp³-hybridized carbons (Fsp3) is 0.375. The van der Waals surface area contributed by atoms with Gasteiger partial charge in [-0.15, -0.1) is 0 Å². The molecule has 1 amide bonds. The molecular formula is C16H19N3O2. The molecule has 0 bridgehead atoms. The van der Waals surface area contributed by atoms with Gasteiger partial charge in [-0.1, -0.05) is 30.3 Å². The summed E-state index contributed by atoms with van der Waals surface area (Å²) in [7, 11) is 0.